The van der Waals surface area contributed by atoms with Gasteiger partial charge in [0.25, 0.3) is 5.91 Å². The normalized spacial score (nSPS) is 24.6. The van der Waals surface area contributed by atoms with E-state index in [4.69, 9.17) is 10.3 Å². The first kappa shape index (κ1) is 17.9. The Bertz CT molecular complexity index is 616. The second-order valence-electron chi connectivity index (χ2n) is 7.56. The maximum absolute atomic E-state index is 12.6. The standard InChI is InChI=1S/C18H28N4O3/c1-11(19)9-17(23)20-13-5-7-14(8-6-13)22(2)18(24)15-10-16(25-21-15)12-3-4-12/h10-14H,3-9,19H2,1-2H3,(H,20,23). The quantitative estimate of drug-likeness (QED) is 0.816. The minimum atomic E-state index is -0.122. The first-order valence-electron chi connectivity index (χ1n) is 9.22. The van der Waals surface area contributed by atoms with Gasteiger partial charge in [-0.2, -0.15) is 0 Å². The van der Waals surface area contributed by atoms with E-state index >= 15 is 0 Å². The molecule has 25 heavy (non-hydrogen) atoms. The summed E-state index contributed by atoms with van der Waals surface area (Å²) in [5.41, 5.74) is 6.05. The fourth-order valence-electron chi connectivity index (χ4n) is 3.48. The molecule has 138 valence electrons. The lowest BCUT2D eigenvalue weighted by molar-refractivity contribution is -0.122. The molecular weight excluding hydrogens is 320 g/mol. The molecule has 7 heteroatoms. The lowest BCUT2D eigenvalue weighted by atomic mass is 9.90. The van der Waals surface area contributed by atoms with Crippen molar-refractivity contribution in [3.63, 3.8) is 0 Å². The van der Waals surface area contributed by atoms with Crippen LogP contribution in [0, 0.1) is 0 Å². The van der Waals surface area contributed by atoms with Crippen molar-refractivity contribution in [2.75, 3.05) is 7.05 Å². The van der Waals surface area contributed by atoms with E-state index in [1.807, 2.05) is 14.0 Å². The molecule has 2 aliphatic rings. The average molecular weight is 348 g/mol. The van der Waals surface area contributed by atoms with Crippen molar-refractivity contribution >= 4 is 11.8 Å². The zero-order valence-electron chi connectivity index (χ0n) is 15.0. The summed E-state index contributed by atoms with van der Waals surface area (Å²) in [4.78, 5) is 26.2. The Hall–Kier alpha value is -1.89. The summed E-state index contributed by atoms with van der Waals surface area (Å²) in [5, 5.41) is 6.98. The van der Waals surface area contributed by atoms with Gasteiger partial charge in [-0.15, -0.1) is 0 Å². The van der Waals surface area contributed by atoms with Crippen molar-refractivity contribution in [1.82, 2.24) is 15.4 Å². The number of hydrogen-bond acceptors (Lipinski definition) is 5. The van der Waals surface area contributed by atoms with Gasteiger partial charge in [0.2, 0.25) is 5.91 Å². The molecule has 1 atom stereocenters. The van der Waals surface area contributed by atoms with Gasteiger partial charge in [0.1, 0.15) is 5.76 Å². The Balaban J connectivity index is 1.48. The highest BCUT2D eigenvalue weighted by molar-refractivity contribution is 5.92. The van der Waals surface area contributed by atoms with E-state index in [1.54, 1.807) is 11.0 Å². The van der Waals surface area contributed by atoms with Crippen LogP contribution in [0.5, 0.6) is 0 Å². The maximum Gasteiger partial charge on any atom is 0.276 e. The van der Waals surface area contributed by atoms with E-state index in [-0.39, 0.29) is 29.9 Å². The number of rotatable bonds is 6. The Morgan fingerprint density at radius 1 is 1.32 bits per heavy atom. The number of nitrogens with two attached hydrogens (primary N) is 1. The molecule has 2 aliphatic carbocycles. The van der Waals surface area contributed by atoms with E-state index in [9.17, 15) is 9.59 Å². The third-order valence-electron chi connectivity index (χ3n) is 5.16. The van der Waals surface area contributed by atoms with E-state index in [2.05, 4.69) is 10.5 Å². The minimum Gasteiger partial charge on any atom is -0.360 e. The summed E-state index contributed by atoms with van der Waals surface area (Å²) in [6.07, 6.45) is 6.10. The average Bonchev–Trinajstić information content (AvgIpc) is 3.30. The van der Waals surface area contributed by atoms with E-state index < -0.39 is 0 Å². The van der Waals surface area contributed by atoms with Gasteiger partial charge >= 0.3 is 0 Å². The molecule has 1 unspecified atom stereocenters. The summed E-state index contributed by atoms with van der Waals surface area (Å²) in [6.45, 7) is 1.83. The van der Waals surface area contributed by atoms with Gasteiger partial charge < -0.3 is 20.5 Å². The molecule has 0 saturated heterocycles. The van der Waals surface area contributed by atoms with Crippen LogP contribution < -0.4 is 11.1 Å². The Morgan fingerprint density at radius 2 is 2.00 bits per heavy atom. The number of nitrogens with zero attached hydrogens (tertiary/aromatic N) is 2. The van der Waals surface area contributed by atoms with Crippen molar-refractivity contribution in [3.05, 3.63) is 17.5 Å². The van der Waals surface area contributed by atoms with Crippen molar-refractivity contribution in [3.8, 4) is 0 Å². The topological polar surface area (TPSA) is 101 Å². The lowest BCUT2D eigenvalue weighted by Crippen LogP contribution is -2.45. The van der Waals surface area contributed by atoms with Gasteiger partial charge in [0, 0.05) is 43.6 Å². The largest absolute Gasteiger partial charge is 0.360 e. The molecule has 1 heterocycles. The Morgan fingerprint density at radius 3 is 2.60 bits per heavy atom. The molecule has 2 amide bonds. The first-order chi connectivity index (χ1) is 11.9. The Kier molecular flexibility index (Phi) is 5.42. The highest BCUT2D eigenvalue weighted by atomic mass is 16.5. The molecule has 3 N–H and O–H groups in total. The van der Waals surface area contributed by atoms with Gasteiger partial charge in [-0.1, -0.05) is 5.16 Å². The fourth-order valence-corrected chi connectivity index (χ4v) is 3.48. The molecule has 1 aromatic rings. The number of hydrogen-bond donors (Lipinski definition) is 2. The molecule has 0 spiro atoms. The summed E-state index contributed by atoms with van der Waals surface area (Å²) in [5.74, 6) is 1.21. The zero-order chi connectivity index (χ0) is 18.0. The second kappa shape index (κ2) is 7.56. The highest BCUT2D eigenvalue weighted by Crippen LogP contribution is 2.40. The highest BCUT2D eigenvalue weighted by Gasteiger charge is 2.32. The smallest absolute Gasteiger partial charge is 0.276 e. The maximum atomic E-state index is 12.6. The van der Waals surface area contributed by atoms with Crippen molar-refractivity contribution in [2.45, 2.75) is 75.9 Å². The summed E-state index contributed by atoms with van der Waals surface area (Å²) in [6, 6.07) is 2.02. The van der Waals surface area contributed by atoms with Gasteiger partial charge in [-0.25, -0.2) is 0 Å². The van der Waals surface area contributed by atoms with Crippen LogP contribution in [0.1, 0.15) is 74.0 Å². The first-order valence-corrected chi connectivity index (χ1v) is 9.22. The molecule has 0 aliphatic heterocycles. The minimum absolute atomic E-state index is 0.0121. The Labute approximate surface area is 148 Å². The van der Waals surface area contributed by atoms with Crippen LogP contribution in [0.4, 0.5) is 0 Å². The zero-order valence-corrected chi connectivity index (χ0v) is 15.0. The monoisotopic (exact) mass is 348 g/mol. The number of nitrogens with one attached hydrogen (secondary N) is 1. The molecular formula is C18H28N4O3. The van der Waals surface area contributed by atoms with E-state index in [0.29, 0.717) is 18.0 Å². The van der Waals surface area contributed by atoms with Gasteiger partial charge in [0.15, 0.2) is 5.69 Å². The predicted octanol–water partition coefficient (Wildman–Crippen LogP) is 1.79. The van der Waals surface area contributed by atoms with Crippen molar-refractivity contribution < 1.29 is 14.1 Å². The molecule has 0 aromatic carbocycles. The SMILES string of the molecule is CC(N)CC(=O)NC1CCC(N(C)C(=O)c2cc(C3CC3)on2)CC1. The molecule has 2 saturated carbocycles. The molecule has 3 rings (SSSR count). The van der Waals surface area contributed by atoms with Crippen LogP contribution in [0.2, 0.25) is 0 Å². The van der Waals surface area contributed by atoms with Crippen LogP contribution >= 0.6 is 0 Å². The molecule has 0 radical (unpaired) electrons. The van der Waals surface area contributed by atoms with Crippen molar-refractivity contribution in [1.29, 1.82) is 0 Å². The third kappa shape index (κ3) is 4.60. The number of aromatic nitrogens is 1. The predicted molar refractivity (Wildman–Crippen MR) is 93.0 cm³/mol. The summed E-state index contributed by atoms with van der Waals surface area (Å²) in [7, 11) is 1.83. The number of carbonyl (C=O) groups excluding carboxylic acids is 2. The molecule has 7 nitrogen and oxygen atoms in total. The summed E-state index contributed by atoms with van der Waals surface area (Å²) < 4.78 is 5.28. The van der Waals surface area contributed by atoms with Crippen LogP contribution in [0.25, 0.3) is 0 Å². The molecule has 2 fully saturated rings. The van der Waals surface area contributed by atoms with E-state index in [1.165, 1.54) is 0 Å². The van der Waals surface area contributed by atoms with Crippen LogP contribution in [0.15, 0.2) is 10.6 Å². The van der Waals surface area contributed by atoms with Gasteiger partial charge in [-0.05, 0) is 45.4 Å². The fraction of sp³-hybridized carbons (Fsp3) is 0.722. The summed E-state index contributed by atoms with van der Waals surface area (Å²) >= 11 is 0. The lowest BCUT2D eigenvalue weighted by Gasteiger charge is -2.34. The van der Waals surface area contributed by atoms with Crippen LogP contribution in [-0.2, 0) is 4.79 Å². The molecule has 0 bridgehead atoms. The third-order valence-corrected chi connectivity index (χ3v) is 5.16. The second-order valence-corrected chi connectivity index (χ2v) is 7.56. The van der Waals surface area contributed by atoms with Crippen LogP contribution in [-0.4, -0.2) is 47.0 Å². The van der Waals surface area contributed by atoms with Crippen molar-refractivity contribution in [2.24, 2.45) is 5.73 Å². The van der Waals surface area contributed by atoms with Crippen LogP contribution in [0.3, 0.4) is 0 Å². The van der Waals surface area contributed by atoms with Gasteiger partial charge in [0.05, 0.1) is 0 Å². The number of carbonyl (C=O) groups is 2. The van der Waals surface area contributed by atoms with E-state index in [0.717, 1.165) is 44.3 Å². The van der Waals surface area contributed by atoms with Gasteiger partial charge in [-0.3, -0.25) is 9.59 Å². The number of amides is 2. The molecule has 1 aromatic heterocycles.